The van der Waals surface area contributed by atoms with Gasteiger partial charge in [-0.3, -0.25) is 0 Å². The first kappa shape index (κ1) is 13.9. The second-order valence-corrected chi connectivity index (χ2v) is 5.32. The molecule has 0 aliphatic heterocycles. The lowest BCUT2D eigenvalue weighted by molar-refractivity contribution is 0.407. The van der Waals surface area contributed by atoms with E-state index < -0.39 is 0 Å². The Kier molecular flexibility index (Phi) is 4.44. The Morgan fingerprint density at radius 3 is 2.63 bits per heavy atom. The van der Waals surface area contributed by atoms with E-state index in [2.05, 4.69) is 10.2 Å². The summed E-state index contributed by atoms with van der Waals surface area (Å²) in [6.45, 7) is 3.72. The summed E-state index contributed by atoms with van der Waals surface area (Å²) in [6, 6.07) is 7.75. The molecule has 2 rings (SSSR count). The molecule has 0 amide bonds. The van der Waals surface area contributed by atoms with Gasteiger partial charge in [0.15, 0.2) is 0 Å². The van der Waals surface area contributed by atoms with Gasteiger partial charge in [0.05, 0.1) is 12.4 Å². The lowest BCUT2D eigenvalue weighted by atomic mass is 10.1. The largest absolute Gasteiger partial charge is 0.496 e. The van der Waals surface area contributed by atoms with Crippen LogP contribution in [0.3, 0.4) is 0 Å². The van der Waals surface area contributed by atoms with Crippen molar-refractivity contribution in [3.05, 3.63) is 35.7 Å². The molecule has 2 unspecified atom stereocenters. The molecule has 5 nitrogen and oxygen atoms in total. The van der Waals surface area contributed by atoms with Crippen LogP contribution in [0.15, 0.2) is 33.9 Å². The van der Waals surface area contributed by atoms with Crippen LogP contribution in [-0.2, 0) is 0 Å². The van der Waals surface area contributed by atoms with E-state index in [0.717, 1.165) is 11.3 Å². The van der Waals surface area contributed by atoms with E-state index >= 15 is 0 Å². The van der Waals surface area contributed by atoms with Gasteiger partial charge < -0.3 is 14.9 Å². The Labute approximate surface area is 116 Å². The Hall–Kier alpha value is -1.53. The summed E-state index contributed by atoms with van der Waals surface area (Å²) in [4.78, 5) is 0. The number of benzene rings is 1. The van der Waals surface area contributed by atoms with Crippen LogP contribution in [-0.4, -0.2) is 23.3 Å². The molecule has 1 heterocycles. The maximum atomic E-state index is 6.08. The van der Waals surface area contributed by atoms with Crippen LogP contribution in [0.4, 0.5) is 0 Å². The summed E-state index contributed by atoms with van der Waals surface area (Å²) in [5, 5.41) is 8.34. The van der Waals surface area contributed by atoms with Crippen molar-refractivity contribution in [1.29, 1.82) is 0 Å². The van der Waals surface area contributed by atoms with Gasteiger partial charge in [-0.05, 0) is 13.0 Å². The van der Waals surface area contributed by atoms with E-state index in [1.54, 1.807) is 14.0 Å². The first-order valence-corrected chi connectivity index (χ1v) is 6.85. The molecule has 2 aromatic rings. The maximum Gasteiger partial charge on any atom is 0.277 e. The molecule has 19 heavy (non-hydrogen) atoms. The third-order valence-electron chi connectivity index (χ3n) is 2.66. The zero-order valence-electron chi connectivity index (χ0n) is 11.2. The van der Waals surface area contributed by atoms with Crippen molar-refractivity contribution < 1.29 is 9.15 Å². The van der Waals surface area contributed by atoms with Crippen LogP contribution >= 0.6 is 11.8 Å². The SMILES string of the molecule is COc1ccccc1C(Sc1nnc(C)o1)C(C)N. The molecule has 102 valence electrons. The minimum atomic E-state index is -0.0755. The summed E-state index contributed by atoms with van der Waals surface area (Å²) < 4.78 is 10.8. The number of rotatable bonds is 5. The van der Waals surface area contributed by atoms with E-state index in [4.69, 9.17) is 14.9 Å². The standard InChI is InChI=1S/C13H17N3O2S/c1-8(14)12(19-13-16-15-9(2)18-13)10-6-4-5-7-11(10)17-3/h4-8,12H,14H2,1-3H3. The zero-order chi connectivity index (χ0) is 13.8. The summed E-state index contributed by atoms with van der Waals surface area (Å²) in [5.41, 5.74) is 7.11. The van der Waals surface area contributed by atoms with Gasteiger partial charge in [-0.1, -0.05) is 30.0 Å². The quantitative estimate of drug-likeness (QED) is 0.848. The second kappa shape index (κ2) is 6.08. The van der Waals surface area contributed by atoms with Gasteiger partial charge in [-0.25, -0.2) is 0 Å². The van der Waals surface area contributed by atoms with Gasteiger partial charge in [-0.2, -0.15) is 0 Å². The van der Waals surface area contributed by atoms with Crippen molar-refractivity contribution in [3.8, 4) is 5.75 Å². The minimum Gasteiger partial charge on any atom is -0.496 e. The highest BCUT2D eigenvalue weighted by Crippen LogP contribution is 2.40. The summed E-state index contributed by atoms with van der Waals surface area (Å²) in [6.07, 6.45) is 0. The first-order valence-electron chi connectivity index (χ1n) is 5.97. The van der Waals surface area contributed by atoms with Gasteiger partial charge in [0, 0.05) is 18.5 Å². The van der Waals surface area contributed by atoms with Gasteiger partial charge in [0.1, 0.15) is 5.75 Å². The molecular formula is C13H17N3O2S. The number of thioether (sulfide) groups is 1. The summed E-state index contributed by atoms with van der Waals surface area (Å²) >= 11 is 1.45. The topological polar surface area (TPSA) is 74.2 Å². The van der Waals surface area contributed by atoms with Crippen LogP contribution in [0, 0.1) is 6.92 Å². The average Bonchev–Trinajstić information content (AvgIpc) is 2.81. The molecule has 1 aromatic heterocycles. The smallest absolute Gasteiger partial charge is 0.277 e. The molecule has 1 aromatic carbocycles. The number of hydrogen-bond donors (Lipinski definition) is 1. The van der Waals surface area contributed by atoms with Crippen molar-refractivity contribution in [2.45, 2.75) is 30.4 Å². The average molecular weight is 279 g/mol. The zero-order valence-corrected chi connectivity index (χ0v) is 12.0. The van der Waals surface area contributed by atoms with Crippen LogP contribution in [0.1, 0.15) is 23.6 Å². The van der Waals surface area contributed by atoms with Crippen LogP contribution in [0.25, 0.3) is 0 Å². The fraction of sp³-hybridized carbons (Fsp3) is 0.385. The van der Waals surface area contributed by atoms with Crippen molar-refractivity contribution in [1.82, 2.24) is 10.2 Å². The van der Waals surface area contributed by atoms with E-state index in [0.29, 0.717) is 11.1 Å². The van der Waals surface area contributed by atoms with Gasteiger partial charge in [0.2, 0.25) is 5.89 Å². The highest BCUT2D eigenvalue weighted by atomic mass is 32.2. The predicted octanol–water partition coefficient (Wildman–Crippen LogP) is 2.57. The number of aryl methyl sites for hydroxylation is 1. The highest BCUT2D eigenvalue weighted by molar-refractivity contribution is 7.99. The Morgan fingerprint density at radius 2 is 2.05 bits per heavy atom. The maximum absolute atomic E-state index is 6.08. The lowest BCUT2D eigenvalue weighted by Crippen LogP contribution is -2.23. The normalized spacial score (nSPS) is 14.1. The van der Waals surface area contributed by atoms with Gasteiger partial charge >= 0.3 is 0 Å². The number of nitrogens with two attached hydrogens (primary N) is 1. The monoisotopic (exact) mass is 279 g/mol. The molecular weight excluding hydrogens is 262 g/mol. The summed E-state index contributed by atoms with van der Waals surface area (Å²) in [5.74, 6) is 1.36. The molecule has 6 heteroatoms. The third-order valence-corrected chi connectivity index (χ3v) is 3.96. The van der Waals surface area contributed by atoms with E-state index in [1.165, 1.54) is 11.8 Å². The highest BCUT2D eigenvalue weighted by Gasteiger charge is 2.23. The number of methoxy groups -OCH3 is 1. The number of hydrogen-bond acceptors (Lipinski definition) is 6. The van der Waals surface area contributed by atoms with E-state index in [1.807, 2.05) is 31.2 Å². The number of ether oxygens (including phenoxy) is 1. The van der Waals surface area contributed by atoms with Crippen molar-refractivity contribution in [2.24, 2.45) is 5.73 Å². The van der Waals surface area contributed by atoms with Crippen LogP contribution < -0.4 is 10.5 Å². The molecule has 0 saturated heterocycles. The van der Waals surface area contributed by atoms with Crippen molar-refractivity contribution in [2.75, 3.05) is 7.11 Å². The number of nitrogens with zero attached hydrogens (tertiary/aromatic N) is 2. The summed E-state index contributed by atoms with van der Waals surface area (Å²) in [7, 11) is 1.65. The fourth-order valence-corrected chi connectivity index (χ4v) is 2.80. The molecule has 0 aliphatic rings. The van der Waals surface area contributed by atoms with Crippen LogP contribution in [0.2, 0.25) is 0 Å². The molecule has 0 spiro atoms. The molecule has 0 bridgehead atoms. The fourth-order valence-electron chi connectivity index (χ4n) is 1.79. The minimum absolute atomic E-state index is 0.00370. The molecule has 2 N–H and O–H groups in total. The predicted molar refractivity (Wildman–Crippen MR) is 74.3 cm³/mol. The number of para-hydroxylation sites is 1. The molecule has 0 saturated carbocycles. The Bertz CT molecular complexity index is 542. The lowest BCUT2D eigenvalue weighted by Gasteiger charge is -2.21. The van der Waals surface area contributed by atoms with Crippen molar-refractivity contribution >= 4 is 11.8 Å². The second-order valence-electron chi connectivity index (χ2n) is 4.23. The molecule has 0 radical (unpaired) electrons. The number of aromatic nitrogens is 2. The molecule has 0 aliphatic carbocycles. The molecule has 2 atom stereocenters. The van der Waals surface area contributed by atoms with E-state index in [-0.39, 0.29) is 11.3 Å². The van der Waals surface area contributed by atoms with Gasteiger partial charge in [-0.15, -0.1) is 10.2 Å². The Morgan fingerprint density at radius 1 is 1.32 bits per heavy atom. The Balaban J connectivity index is 2.29. The van der Waals surface area contributed by atoms with E-state index in [9.17, 15) is 0 Å². The first-order chi connectivity index (χ1) is 9.11. The van der Waals surface area contributed by atoms with Gasteiger partial charge in [0.25, 0.3) is 5.22 Å². The molecule has 0 fully saturated rings. The third kappa shape index (κ3) is 3.27. The van der Waals surface area contributed by atoms with Crippen LogP contribution in [0.5, 0.6) is 5.75 Å². The van der Waals surface area contributed by atoms with Crippen molar-refractivity contribution in [3.63, 3.8) is 0 Å².